The van der Waals surface area contributed by atoms with E-state index in [1.54, 1.807) is 0 Å². The second-order valence-corrected chi connectivity index (χ2v) is 3.95. The van der Waals surface area contributed by atoms with Crippen LogP contribution in [-0.2, 0) is 0 Å². The van der Waals surface area contributed by atoms with Gasteiger partial charge in [-0.1, -0.05) is 33.6 Å². The van der Waals surface area contributed by atoms with Gasteiger partial charge in [0.05, 0.1) is 0 Å². The second-order valence-electron chi connectivity index (χ2n) is 3.95. The van der Waals surface area contributed by atoms with Crippen molar-refractivity contribution in [2.24, 2.45) is 23.3 Å². The minimum absolute atomic E-state index is 0.301. The van der Waals surface area contributed by atoms with Crippen LogP contribution in [0.1, 0.15) is 40.0 Å². The van der Waals surface area contributed by atoms with Crippen LogP contribution in [-0.4, -0.2) is 12.6 Å². The van der Waals surface area contributed by atoms with Crippen molar-refractivity contribution in [3.8, 4) is 0 Å². The van der Waals surface area contributed by atoms with Gasteiger partial charge in [-0.25, -0.2) is 0 Å². The normalized spacial score (nSPS) is 16.5. The van der Waals surface area contributed by atoms with E-state index in [0.717, 1.165) is 13.0 Å². The molecule has 74 valence electrons. The van der Waals surface area contributed by atoms with Crippen LogP contribution in [0.5, 0.6) is 0 Å². The Bertz CT molecular complexity index is 102. The summed E-state index contributed by atoms with van der Waals surface area (Å²) in [7, 11) is 0. The lowest BCUT2D eigenvalue weighted by molar-refractivity contribution is 0.310. The van der Waals surface area contributed by atoms with Crippen LogP contribution in [0, 0.1) is 11.8 Å². The van der Waals surface area contributed by atoms with Crippen LogP contribution < -0.4 is 11.5 Å². The van der Waals surface area contributed by atoms with E-state index in [-0.39, 0.29) is 0 Å². The lowest BCUT2D eigenvalue weighted by Gasteiger charge is -2.25. The Labute approximate surface area is 76.7 Å². The maximum absolute atomic E-state index is 6.04. The minimum Gasteiger partial charge on any atom is -0.330 e. The molecule has 2 atom stereocenters. The lowest BCUT2D eigenvalue weighted by Crippen LogP contribution is -2.38. The van der Waals surface area contributed by atoms with Crippen LogP contribution in [0.4, 0.5) is 0 Å². The molecule has 0 amide bonds. The zero-order valence-corrected chi connectivity index (χ0v) is 8.72. The highest BCUT2D eigenvalue weighted by Gasteiger charge is 2.18. The molecule has 0 aliphatic carbocycles. The van der Waals surface area contributed by atoms with E-state index >= 15 is 0 Å². The number of hydrogen-bond donors (Lipinski definition) is 2. The van der Waals surface area contributed by atoms with E-state index in [9.17, 15) is 0 Å². The first kappa shape index (κ1) is 11.9. The standard InChI is InChI=1S/C10H24N2/c1-4-5-6-10(12)9(7-11)8(2)3/h8-10H,4-7,11-12H2,1-3H3. The van der Waals surface area contributed by atoms with Gasteiger partial charge >= 0.3 is 0 Å². The van der Waals surface area contributed by atoms with E-state index in [1.807, 2.05) is 0 Å². The summed E-state index contributed by atoms with van der Waals surface area (Å²) in [6.45, 7) is 7.31. The Morgan fingerprint density at radius 1 is 1.25 bits per heavy atom. The Morgan fingerprint density at radius 3 is 2.17 bits per heavy atom. The molecule has 2 nitrogen and oxygen atoms in total. The molecule has 0 aliphatic heterocycles. The molecule has 0 bridgehead atoms. The van der Waals surface area contributed by atoms with Gasteiger partial charge < -0.3 is 11.5 Å². The molecule has 0 aliphatic rings. The molecule has 0 radical (unpaired) electrons. The first-order valence-corrected chi connectivity index (χ1v) is 5.09. The van der Waals surface area contributed by atoms with Crippen LogP contribution in [0.25, 0.3) is 0 Å². The average Bonchev–Trinajstić information content (AvgIpc) is 2.01. The van der Waals surface area contributed by atoms with Crippen LogP contribution in [0.15, 0.2) is 0 Å². The molecule has 2 heteroatoms. The SMILES string of the molecule is CCCCC(N)C(CN)C(C)C. The fourth-order valence-corrected chi connectivity index (χ4v) is 1.60. The molecule has 0 saturated heterocycles. The van der Waals surface area contributed by atoms with E-state index in [2.05, 4.69) is 20.8 Å². The summed E-state index contributed by atoms with van der Waals surface area (Å²) >= 11 is 0. The van der Waals surface area contributed by atoms with Gasteiger partial charge in [-0.05, 0) is 24.8 Å². The predicted molar refractivity (Wildman–Crippen MR) is 54.9 cm³/mol. The third-order valence-corrected chi connectivity index (χ3v) is 2.57. The molecule has 0 saturated carbocycles. The van der Waals surface area contributed by atoms with Crippen molar-refractivity contribution in [3.05, 3.63) is 0 Å². The zero-order valence-electron chi connectivity index (χ0n) is 8.72. The molecule has 0 heterocycles. The predicted octanol–water partition coefficient (Wildman–Crippen LogP) is 1.73. The summed E-state index contributed by atoms with van der Waals surface area (Å²) in [5, 5.41) is 0. The van der Waals surface area contributed by atoms with Crippen LogP contribution in [0.2, 0.25) is 0 Å². The van der Waals surface area contributed by atoms with Gasteiger partial charge in [-0.15, -0.1) is 0 Å². The molecular weight excluding hydrogens is 148 g/mol. The van der Waals surface area contributed by atoms with Crippen molar-refractivity contribution in [1.29, 1.82) is 0 Å². The Balaban J connectivity index is 3.77. The highest BCUT2D eigenvalue weighted by atomic mass is 14.7. The molecule has 0 spiro atoms. The van der Waals surface area contributed by atoms with Gasteiger partial charge in [0.2, 0.25) is 0 Å². The summed E-state index contributed by atoms with van der Waals surface area (Å²) in [5.41, 5.74) is 11.7. The maximum atomic E-state index is 6.04. The van der Waals surface area contributed by atoms with E-state index in [0.29, 0.717) is 17.9 Å². The monoisotopic (exact) mass is 172 g/mol. The lowest BCUT2D eigenvalue weighted by atomic mass is 9.86. The van der Waals surface area contributed by atoms with Gasteiger partial charge in [0, 0.05) is 6.04 Å². The number of unbranched alkanes of at least 4 members (excludes halogenated alkanes) is 1. The van der Waals surface area contributed by atoms with E-state index in [4.69, 9.17) is 11.5 Å². The van der Waals surface area contributed by atoms with Crippen molar-refractivity contribution < 1.29 is 0 Å². The number of nitrogens with two attached hydrogens (primary N) is 2. The van der Waals surface area contributed by atoms with Gasteiger partial charge in [0.1, 0.15) is 0 Å². The van der Waals surface area contributed by atoms with Crippen molar-refractivity contribution in [2.45, 2.75) is 46.1 Å². The van der Waals surface area contributed by atoms with Gasteiger partial charge in [-0.2, -0.15) is 0 Å². The van der Waals surface area contributed by atoms with Crippen molar-refractivity contribution in [3.63, 3.8) is 0 Å². The molecule has 0 aromatic rings. The fraction of sp³-hybridized carbons (Fsp3) is 1.00. The number of rotatable bonds is 6. The van der Waals surface area contributed by atoms with Crippen molar-refractivity contribution >= 4 is 0 Å². The average molecular weight is 172 g/mol. The highest BCUT2D eigenvalue weighted by Crippen LogP contribution is 2.16. The molecule has 0 rings (SSSR count). The third kappa shape index (κ3) is 4.07. The molecule has 4 N–H and O–H groups in total. The first-order chi connectivity index (χ1) is 5.63. The minimum atomic E-state index is 0.301. The third-order valence-electron chi connectivity index (χ3n) is 2.57. The molecule has 12 heavy (non-hydrogen) atoms. The topological polar surface area (TPSA) is 52.0 Å². The molecular formula is C10H24N2. The summed E-state index contributed by atoms with van der Waals surface area (Å²) in [6, 6.07) is 0.301. The Kier molecular flexibility index (Phi) is 6.39. The van der Waals surface area contributed by atoms with E-state index in [1.165, 1.54) is 12.8 Å². The van der Waals surface area contributed by atoms with Gasteiger partial charge in [-0.3, -0.25) is 0 Å². The van der Waals surface area contributed by atoms with E-state index < -0.39 is 0 Å². The van der Waals surface area contributed by atoms with Gasteiger partial charge in [0.25, 0.3) is 0 Å². The molecule has 2 unspecified atom stereocenters. The molecule has 0 fully saturated rings. The molecule has 0 aromatic carbocycles. The second kappa shape index (κ2) is 6.44. The fourth-order valence-electron chi connectivity index (χ4n) is 1.60. The van der Waals surface area contributed by atoms with Crippen molar-refractivity contribution in [2.75, 3.05) is 6.54 Å². The summed E-state index contributed by atoms with van der Waals surface area (Å²) in [6.07, 6.45) is 3.57. The maximum Gasteiger partial charge on any atom is 0.00816 e. The summed E-state index contributed by atoms with van der Waals surface area (Å²) in [5.74, 6) is 1.11. The summed E-state index contributed by atoms with van der Waals surface area (Å²) in [4.78, 5) is 0. The summed E-state index contributed by atoms with van der Waals surface area (Å²) < 4.78 is 0. The van der Waals surface area contributed by atoms with Gasteiger partial charge in [0.15, 0.2) is 0 Å². The number of hydrogen-bond acceptors (Lipinski definition) is 2. The quantitative estimate of drug-likeness (QED) is 0.641. The highest BCUT2D eigenvalue weighted by molar-refractivity contribution is 4.76. The van der Waals surface area contributed by atoms with Crippen LogP contribution >= 0.6 is 0 Å². The van der Waals surface area contributed by atoms with Crippen LogP contribution in [0.3, 0.4) is 0 Å². The smallest absolute Gasteiger partial charge is 0.00816 e. The van der Waals surface area contributed by atoms with Crippen molar-refractivity contribution in [1.82, 2.24) is 0 Å². The zero-order chi connectivity index (χ0) is 9.56. The first-order valence-electron chi connectivity index (χ1n) is 5.09. The molecule has 0 aromatic heterocycles. The Hall–Kier alpha value is -0.0800. The Morgan fingerprint density at radius 2 is 1.83 bits per heavy atom. The largest absolute Gasteiger partial charge is 0.330 e.